The fourth-order valence-corrected chi connectivity index (χ4v) is 0.746. The molecule has 0 heterocycles. The van der Waals surface area contributed by atoms with E-state index in [1.807, 2.05) is 0 Å². The van der Waals surface area contributed by atoms with E-state index in [-0.39, 0.29) is 15.2 Å². The van der Waals surface area contributed by atoms with Crippen LogP contribution in [-0.4, -0.2) is 43.4 Å². The van der Waals surface area contributed by atoms with Gasteiger partial charge in [0.25, 0.3) is 0 Å². The highest BCUT2D eigenvalue weighted by molar-refractivity contribution is 7.20. The van der Waals surface area contributed by atoms with Crippen molar-refractivity contribution in [2.75, 3.05) is 20.7 Å². The average Bonchev–Trinajstić information content (AvgIpc) is 2.24. The molecule has 0 aliphatic rings. The van der Waals surface area contributed by atoms with Crippen molar-refractivity contribution in [2.45, 2.75) is 13.0 Å². The Bertz CT molecular complexity index is 246. The van der Waals surface area contributed by atoms with Gasteiger partial charge in [0.1, 0.15) is 6.54 Å². The number of methoxy groups -OCH3 is 1. The van der Waals surface area contributed by atoms with Crippen molar-refractivity contribution in [3.63, 3.8) is 0 Å². The summed E-state index contributed by atoms with van der Waals surface area (Å²) in [6, 6.07) is 0. The monoisotopic (exact) mass is 237 g/mol. The molecule has 1 unspecified atom stereocenters. The smallest absolute Gasteiger partial charge is 0.357 e. The zero-order valence-corrected chi connectivity index (χ0v) is 9.52. The Hall–Kier alpha value is -1.04. The number of likely N-dealkylation sites (N-methyl/N-ethyl adjacent to an activating group) is 1. The summed E-state index contributed by atoms with van der Waals surface area (Å²) in [5.74, 6) is -1.41. The van der Waals surface area contributed by atoms with Gasteiger partial charge in [0.15, 0.2) is 6.10 Å². The molecule has 0 aliphatic carbocycles. The Kier molecular flexibility index (Phi) is 6.77. The molecule has 0 saturated carbocycles. The van der Waals surface area contributed by atoms with Gasteiger partial charge >= 0.3 is 11.9 Å². The van der Waals surface area contributed by atoms with E-state index in [2.05, 4.69) is 14.5 Å². The zero-order chi connectivity index (χ0) is 11.8. The first-order valence-corrected chi connectivity index (χ1v) is 4.76. The molecule has 0 aromatic heterocycles. The fraction of sp³-hybridized carbons (Fsp3) is 0.714. The lowest BCUT2D eigenvalue weighted by Crippen LogP contribution is -2.26. The van der Waals surface area contributed by atoms with E-state index in [4.69, 9.17) is 0 Å². The lowest BCUT2D eigenvalue weighted by atomic mass is 10.4. The number of esters is 1. The van der Waals surface area contributed by atoms with Crippen molar-refractivity contribution < 1.29 is 28.7 Å². The van der Waals surface area contributed by atoms with Crippen LogP contribution in [0.1, 0.15) is 6.92 Å². The van der Waals surface area contributed by atoms with E-state index in [1.165, 1.54) is 21.1 Å². The molecule has 8 heteroatoms. The van der Waals surface area contributed by atoms with Crippen LogP contribution in [0, 0.1) is 0 Å². The Morgan fingerprint density at radius 2 is 2.07 bits per heavy atom. The van der Waals surface area contributed by atoms with Gasteiger partial charge in [0.2, 0.25) is 8.61 Å². The van der Waals surface area contributed by atoms with E-state index in [9.17, 15) is 14.2 Å². The lowest BCUT2D eigenvalue weighted by molar-refractivity contribution is -0.292. The van der Waals surface area contributed by atoms with Gasteiger partial charge in [-0.2, -0.15) is 4.89 Å². The Morgan fingerprint density at radius 1 is 1.47 bits per heavy atom. The second kappa shape index (κ2) is 7.28. The molecule has 1 atom stereocenters. The number of hydrogen-bond acceptors (Lipinski definition) is 6. The summed E-state index contributed by atoms with van der Waals surface area (Å²) in [4.78, 5) is 30.5. The van der Waals surface area contributed by atoms with E-state index >= 15 is 0 Å². The van der Waals surface area contributed by atoms with Gasteiger partial charge in [0, 0.05) is 0 Å². The molecule has 0 radical (unpaired) electrons. The van der Waals surface area contributed by atoms with Crippen LogP contribution in [0.25, 0.3) is 0 Å². The number of nitrogens with zero attached hydrogens (tertiary/aromatic N) is 1. The van der Waals surface area contributed by atoms with Crippen LogP contribution < -0.4 is 0 Å². The zero-order valence-electron chi connectivity index (χ0n) is 8.63. The highest BCUT2D eigenvalue weighted by Gasteiger charge is 2.17. The van der Waals surface area contributed by atoms with Gasteiger partial charge in [0.05, 0.1) is 7.11 Å². The minimum atomic E-state index is -0.992. The molecular weight excluding hydrogens is 225 g/mol. The van der Waals surface area contributed by atoms with Gasteiger partial charge < -0.3 is 4.74 Å². The summed E-state index contributed by atoms with van der Waals surface area (Å²) in [6.07, 6.45) is -0.992. The van der Waals surface area contributed by atoms with Gasteiger partial charge in [-0.05, 0) is 14.0 Å². The number of hydrogen-bond donors (Lipinski definition) is 0. The maximum Gasteiger partial charge on any atom is 0.357 e. The van der Waals surface area contributed by atoms with Gasteiger partial charge in [-0.3, -0.25) is 9.45 Å². The molecular formula is C7H12NO6P. The van der Waals surface area contributed by atoms with Crippen LogP contribution >= 0.6 is 8.61 Å². The number of ether oxygens (including phenoxy) is 1. The predicted octanol–water partition coefficient (Wildman–Crippen LogP) is 0.161. The fourth-order valence-electron chi connectivity index (χ4n) is 0.573. The van der Waals surface area contributed by atoms with E-state index in [0.717, 1.165) is 4.67 Å². The standard InChI is InChI=1S/C7H12NO6P/c1-5(7(10)12-3)13-14-6(9)4-8(2)15-11/h5H,4H2,1-3H3. The van der Waals surface area contributed by atoms with Crippen LogP contribution in [0.5, 0.6) is 0 Å². The van der Waals surface area contributed by atoms with Crippen LogP contribution in [0.4, 0.5) is 0 Å². The summed E-state index contributed by atoms with van der Waals surface area (Å²) in [5.41, 5.74) is 0. The molecule has 15 heavy (non-hydrogen) atoms. The van der Waals surface area contributed by atoms with Crippen molar-refractivity contribution in [1.82, 2.24) is 4.67 Å². The number of carbonyl (C=O) groups is 2. The highest BCUT2D eigenvalue weighted by Crippen LogP contribution is 2.01. The quantitative estimate of drug-likeness (QED) is 0.281. The largest absolute Gasteiger partial charge is 0.467 e. The second-order valence-electron chi connectivity index (χ2n) is 2.61. The molecule has 0 fully saturated rings. The normalized spacial score (nSPS) is 12.5. The first-order valence-electron chi connectivity index (χ1n) is 3.99. The van der Waals surface area contributed by atoms with E-state index in [0.29, 0.717) is 0 Å². The first kappa shape index (κ1) is 14.0. The molecule has 0 aromatic carbocycles. The van der Waals surface area contributed by atoms with Gasteiger partial charge in [-0.15, -0.1) is 0 Å². The molecule has 0 spiro atoms. The number of carbonyl (C=O) groups excluding carboxylic acids is 2. The van der Waals surface area contributed by atoms with Crippen molar-refractivity contribution in [1.29, 1.82) is 0 Å². The third kappa shape index (κ3) is 6.11. The molecule has 0 N–H and O–H groups in total. The molecule has 0 aromatic rings. The summed E-state index contributed by atoms with van der Waals surface area (Å²) >= 11 is 0. The van der Waals surface area contributed by atoms with Crippen molar-refractivity contribution in [3.05, 3.63) is 0 Å². The molecule has 86 valence electrons. The van der Waals surface area contributed by atoms with Crippen LogP contribution in [0.3, 0.4) is 0 Å². The maximum absolute atomic E-state index is 10.9. The number of rotatable bonds is 6. The lowest BCUT2D eigenvalue weighted by Gasteiger charge is -2.10. The molecule has 0 amide bonds. The third-order valence-electron chi connectivity index (χ3n) is 1.32. The maximum atomic E-state index is 10.9. The van der Waals surface area contributed by atoms with Gasteiger partial charge in [-0.1, -0.05) is 0 Å². The second-order valence-corrected chi connectivity index (χ2v) is 3.46. The minimum Gasteiger partial charge on any atom is -0.467 e. The molecule has 0 saturated heterocycles. The van der Waals surface area contributed by atoms with Crippen molar-refractivity contribution >= 4 is 20.5 Å². The van der Waals surface area contributed by atoms with E-state index in [1.54, 1.807) is 0 Å². The Morgan fingerprint density at radius 3 is 2.53 bits per heavy atom. The minimum absolute atomic E-state index is 0.209. The predicted molar refractivity (Wildman–Crippen MR) is 48.9 cm³/mol. The summed E-state index contributed by atoms with van der Waals surface area (Å²) in [7, 11) is 2.33. The highest BCUT2D eigenvalue weighted by atomic mass is 31.1. The Labute approximate surface area is 88.5 Å². The first-order chi connectivity index (χ1) is 7.01. The summed E-state index contributed by atoms with van der Waals surface area (Å²) in [6.45, 7) is 1.16. The summed E-state index contributed by atoms with van der Waals surface area (Å²) < 4.78 is 15.7. The van der Waals surface area contributed by atoms with Crippen LogP contribution in [0.15, 0.2) is 0 Å². The van der Waals surface area contributed by atoms with Gasteiger partial charge in [-0.25, -0.2) is 14.3 Å². The third-order valence-corrected chi connectivity index (χ3v) is 1.74. The SMILES string of the molecule is COC(=O)C(C)OOC(=O)CN(C)P=O. The van der Waals surface area contributed by atoms with Crippen LogP contribution in [0.2, 0.25) is 0 Å². The topological polar surface area (TPSA) is 82.1 Å². The molecule has 0 aliphatic heterocycles. The summed E-state index contributed by atoms with van der Waals surface area (Å²) in [5, 5.41) is 0. The molecule has 7 nitrogen and oxygen atoms in total. The Balaban J connectivity index is 3.80. The van der Waals surface area contributed by atoms with E-state index < -0.39 is 18.0 Å². The molecule has 0 rings (SSSR count). The molecule has 0 bridgehead atoms. The van der Waals surface area contributed by atoms with Crippen LogP contribution in [-0.2, 0) is 28.7 Å². The average molecular weight is 237 g/mol. The van der Waals surface area contributed by atoms with Crippen molar-refractivity contribution in [3.8, 4) is 0 Å². The van der Waals surface area contributed by atoms with Crippen molar-refractivity contribution in [2.24, 2.45) is 0 Å².